The Kier molecular flexibility index (Phi) is 9.00. The summed E-state index contributed by atoms with van der Waals surface area (Å²) >= 11 is 0. The molecule has 1 atom stereocenters. The second-order valence-corrected chi connectivity index (χ2v) is 10.6. The Balaban J connectivity index is 2.11. The van der Waals surface area contributed by atoms with E-state index in [2.05, 4.69) is 5.32 Å². The van der Waals surface area contributed by atoms with Crippen LogP contribution in [0.25, 0.3) is 0 Å². The number of likely N-dealkylation sites (N-methyl/N-ethyl adjacent to an activating group) is 1. The van der Waals surface area contributed by atoms with Gasteiger partial charge in [0.2, 0.25) is 11.8 Å². The molecule has 0 aromatic heterocycles. The molecule has 0 bridgehead atoms. The number of amides is 2. The van der Waals surface area contributed by atoms with Crippen LogP contribution in [-0.2, 0) is 32.3 Å². The van der Waals surface area contributed by atoms with Gasteiger partial charge in [0.15, 0.2) is 0 Å². The van der Waals surface area contributed by atoms with Gasteiger partial charge in [0.25, 0.3) is 10.0 Å². The molecule has 7 nitrogen and oxygen atoms in total. The van der Waals surface area contributed by atoms with Crippen LogP contribution in [0.3, 0.4) is 0 Å². The third-order valence-corrected chi connectivity index (χ3v) is 7.85. The minimum absolute atomic E-state index is 0.0635. The molecule has 3 aromatic rings. The molecule has 1 N–H and O–H groups in total. The molecular weight excluding hydrogens is 538 g/mol. The van der Waals surface area contributed by atoms with Gasteiger partial charge >= 0.3 is 6.18 Å². The van der Waals surface area contributed by atoms with Gasteiger partial charge in [0.1, 0.15) is 18.4 Å². The fourth-order valence-electron chi connectivity index (χ4n) is 3.81. The number of rotatable bonds is 9. The highest BCUT2D eigenvalue weighted by Crippen LogP contribution is 2.33. The number of nitrogens with one attached hydrogen (secondary N) is 1. The summed E-state index contributed by atoms with van der Waals surface area (Å²) in [4.78, 5) is 26.8. The molecule has 0 saturated heterocycles. The zero-order valence-corrected chi connectivity index (χ0v) is 22.2. The quantitative estimate of drug-likeness (QED) is 0.387. The highest BCUT2D eigenvalue weighted by Gasteiger charge is 2.35. The highest BCUT2D eigenvalue weighted by atomic mass is 32.2. The van der Waals surface area contributed by atoms with E-state index in [0.717, 1.165) is 28.7 Å². The summed E-state index contributed by atoms with van der Waals surface area (Å²) in [6.07, 6.45) is -4.77. The minimum atomic E-state index is -4.77. The molecule has 0 fully saturated rings. The fraction of sp³-hybridized carbons (Fsp3) is 0.259. The van der Waals surface area contributed by atoms with Gasteiger partial charge in [-0.1, -0.05) is 42.0 Å². The number of halogens is 4. The largest absolute Gasteiger partial charge is 0.416 e. The van der Waals surface area contributed by atoms with Crippen LogP contribution >= 0.6 is 0 Å². The number of alkyl halides is 3. The molecule has 12 heteroatoms. The van der Waals surface area contributed by atoms with Gasteiger partial charge in [-0.05, 0) is 50.2 Å². The first kappa shape index (κ1) is 29.6. The number of carbonyl (C=O) groups excluding carboxylic acids is 2. The van der Waals surface area contributed by atoms with Crippen molar-refractivity contribution in [3.05, 3.63) is 95.3 Å². The standard InChI is InChI=1S/C27H27F4N3O4S/c1-18-11-13-23(14-12-18)39(37,38)34(22-9-6-8-21(15-22)27(29,30)31)17-25(35)33(19(2)26(36)32-3)16-20-7-4-5-10-24(20)28/h4-15,19H,16-17H2,1-3H3,(H,32,36). The van der Waals surface area contributed by atoms with Gasteiger partial charge in [-0.25, -0.2) is 12.8 Å². The first-order chi connectivity index (χ1) is 18.3. The lowest BCUT2D eigenvalue weighted by atomic mass is 10.1. The Labute approximate surface area is 224 Å². The Morgan fingerprint density at radius 1 is 0.974 bits per heavy atom. The summed E-state index contributed by atoms with van der Waals surface area (Å²) in [5.74, 6) is -2.18. The lowest BCUT2D eigenvalue weighted by Gasteiger charge is -2.32. The van der Waals surface area contributed by atoms with E-state index >= 15 is 0 Å². The average Bonchev–Trinajstić information content (AvgIpc) is 2.90. The molecule has 3 rings (SSSR count). The van der Waals surface area contributed by atoms with Gasteiger partial charge < -0.3 is 10.2 Å². The molecule has 0 heterocycles. The molecule has 0 aliphatic carbocycles. The van der Waals surface area contributed by atoms with Crippen molar-refractivity contribution in [2.45, 2.75) is 37.5 Å². The van der Waals surface area contributed by atoms with Crippen LogP contribution in [0.4, 0.5) is 23.2 Å². The Hall–Kier alpha value is -3.93. The molecule has 0 saturated carbocycles. The third-order valence-electron chi connectivity index (χ3n) is 6.06. The predicted molar refractivity (Wildman–Crippen MR) is 138 cm³/mol. The van der Waals surface area contributed by atoms with Crippen LogP contribution in [0.1, 0.15) is 23.6 Å². The van der Waals surface area contributed by atoms with E-state index < -0.39 is 57.7 Å². The van der Waals surface area contributed by atoms with Gasteiger partial charge in [-0.3, -0.25) is 13.9 Å². The number of sulfonamides is 1. The molecule has 208 valence electrons. The maximum atomic E-state index is 14.4. The van der Waals surface area contributed by atoms with Crippen molar-refractivity contribution >= 4 is 27.5 Å². The lowest BCUT2D eigenvalue weighted by Crippen LogP contribution is -2.50. The summed E-state index contributed by atoms with van der Waals surface area (Å²) in [7, 11) is -3.22. The van der Waals surface area contributed by atoms with Gasteiger partial charge in [0, 0.05) is 19.2 Å². The number of hydrogen-bond donors (Lipinski definition) is 1. The molecular formula is C27H27F4N3O4S. The maximum absolute atomic E-state index is 14.4. The van der Waals surface area contributed by atoms with Crippen molar-refractivity contribution in [2.75, 3.05) is 17.9 Å². The van der Waals surface area contributed by atoms with E-state index in [1.54, 1.807) is 6.92 Å². The van der Waals surface area contributed by atoms with E-state index in [4.69, 9.17) is 0 Å². The normalized spacial score (nSPS) is 12.5. The van der Waals surface area contributed by atoms with Crippen molar-refractivity contribution in [3.63, 3.8) is 0 Å². The zero-order chi connectivity index (χ0) is 29.0. The van der Waals surface area contributed by atoms with Crippen LogP contribution in [0.15, 0.2) is 77.7 Å². The molecule has 0 spiro atoms. The van der Waals surface area contributed by atoms with Crippen LogP contribution in [0, 0.1) is 12.7 Å². The van der Waals surface area contributed by atoms with Crippen molar-refractivity contribution < 1.29 is 35.6 Å². The second-order valence-electron chi connectivity index (χ2n) is 8.78. The van der Waals surface area contributed by atoms with Crippen molar-refractivity contribution in [1.82, 2.24) is 10.2 Å². The van der Waals surface area contributed by atoms with Crippen LogP contribution in [-0.4, -0.2) is 44.8 Å². The van der Waals surface area contributed by atoms with E-state index in [9.17, 15) is 35.6 Å². The summed E-state index contributed by atoms with van der Waals surface area (Å²) in [6, 6.07) is 13.5. The first-order valence-corrected chi connectivity index (χ1v) is 13.2. The first-order valence-electron chi connectivity index (χ1n) is 11.8. The summed E-state index contributed by atoms with van der Waals surface area (Å²) in [6.45, 7) is 1.76. The van der Waals surface area contributed by atoms with Gasteiger partial charge in [-0.2, -0.15) is 13.2 Å². The zero-order valence-electron chi connectivity index (χ0n) is 21.4. The van der Waals surface area contributed by atoms with Crippen LogP contribution in [0.5, 0.6) is 0 Å². The molecule has 3 aromatic carbocycles. The average molecular weight is 566 g/mol. The molecule has 0 aliphatic rings. The number of nitrogens with zero attached hydrogens (tertiary/aromatic N) is 2. The minimum Gasteiger partial charge on any atom is -0.357 e. The van der Waals surface area contributed by atoms with Crippen molar-refractivity contribution in [3.8, 4) is 0 Å². The SMILES string of the molecule is CNC(=O)C(C)N(Cc1ccccc1F)C(=O)CN(c1cccc(C(F)(F)F)c1)S(=O)(=O)c1ccc(C)cc1. The van der Waals surface area contributed by atoms with E-state index in [1.165, 1.54) is 62.5 Å². The topological polar surface area (TPSA) is 86.8 Å². The molecule has 39 heavy (non-hydrogen) atoms. The maximum Gasteiger partial charge on any atom is 0.416 e. The number of aryl methyl sites for hydroxylation is 1. The summed E-state index contributed by atoms with van der Waals surface area (Å²) in [5.41, 5.74) is -0.713. The number of hydrogen-bond acceptors (Lipinski definition) is 4. The number of carbonyl (C=O) groups is 2. The molecule has 0 radical (unpaired) electrons. The second kappa shape index (κ2) is 11.9. The molecule has 1 unspecified atom stereocenters. The van der Waals surface area contributed by atoms with E-state index in [1.807, 2.05) is 0 Å². The number of benzene rings is 3. The number of anilines is 1. The molecule has 0 aliphatic heterocycles. The van der Waals surface area contributed by atoms with Gasteiger partial charge in [-0.15, -0.1) is 0 Å². The third kappa shape index (κ3) is 6.94. The van der Waals surface area contributed by atoms with Crippen LogP contribution < -0.4 is 9.62 Å². The smallest absolute Gasteiger partial charge is 0.357 e. The Morgan fingerprint density at radius 2 is 1.62 bits per heavy atom. The van der Waals surface area contributed by atoms with Crippen molar-refractivity contribution in [1.29, 1.82) is 0 Å². The summed E-state index contributed by atoms with van der Waals surface area (Å²) in [5, 5.41) is 2.39. The Morgan fingerprint density at radius 3 is 2.21 bits per heavy atom. The summed E-state index contributed by atoms with van der Waals surface area (Å²) < 4.78 is 82.8. The monoisotopic (exact) mass is 565 g/mol. The highest BCUT2D eigenvalue weighted by molar-refractivity contribution is 7.92. The lowest BCUT2D eigenvalue weighted by molar-refractivity contribution is -0.139. The molecule has 2 amide bonds. The van der Waals surface area contributed by atoms with Crippen molar-refractivity contribution in [2.24, 2.45) is 0 Å². The predicted octanol–water partition coefficient (Wildman–Crippen LogP) is 4.51. The van der Waals surface area contributed by atoms with E-state index in [0.29, 0.717) is 10.4 Å². The van der Waals surface area contributed by atoms with Crippen LogP contribution in [0.2, 0.25) is 0 Å². The van der Waals surface area contributed by atoms with E-state index in [-0.39, 0.29) is 17.0 Å². The fourth-order valence-corrected chi connectivity index (χ4v) is 5.21. The van der Waals surface area contributed by atoms with Gasteiger partial charge in [0.05, 0.1) is 16.1 Å². The Bertz CT molecular complexity index is 1440.